The lowest BCUT2D eigenvalue weighted by Crippen LogP contribution is -2.45. The first-order valence-electron chi connectivity index (χ1n) is 14.4. The molecule has 5 heterocycles. The third kappa shape index (κ3) is 5.74. The minimum atomic E-state index is -4.72. The Morgan fingerprint density at radius 1 is 1.16 bits per heavy atom. The van der Waals surface area contributed by atoms with Crippen molar-refractivity contribution in [2.75, 3.05) is 18.0 Å². The second-order valence-corrected chi connectivity index (χ2v) is 13.9. The molecular weight excluding hydrogens is 633 g/mol. The van der Waals surface area contributed by atoms with E-state index in [0.29, 0.717) is 34.6 Å². The van der Waals surface area contributed by atoms with Crippen molar-refractivity contribution in [2.24, 2.45) is 0 Å². The summed E-state index contributed by atoms with van der Waals surface area (Å²) in [5, 5.41) is 17.1. The van der Waals surface area contributed by atoms with Crippen LogP contribution in [0.1, 0.15) is 65.2 Å². The van der Waals surface area contributed by atoms with E-state index in [1.54, 1.807) is 25.1 Å². The van der Waals surface area contributed by atoms with Crippen LogP contribution in [0.15, 0.2) is 47.6 Å². The SMILES string of the molecule is Cc1ccc([C@H](CC(=O)O)c2ccn3c(C(F)(F)F)nnc3c2C)cc1CN1C[C@H]2CCCCN2c2ncc(Cl)cc2S1(=O)=O. The molecule has 3 aromatic heterocycles. The number of aromatic nitrogens is 4. The minimum absolute atomic E-state index is 0.0230. The molecule has 0 unspecified atom stereocenters. The fraction of sp³-hybridized carbons (Fsp3) is 0.400. The maximum Gasteiger partial charge on any atom is 0.452 e. The van der Waals surface area contributed by atoms with Gasteiger partial charge in [0.05, 0.1) is 11.4 Å². The number of carboxylic acid groups (broad SMARTS) is 1. The van der Waals surface area contributed by atoms with Crippen LogP contribution in [0, 0.1) is 13.8 Å². The van der Waals surface area contributed by atoms with Crippen LogP contribution in [-0.2, 0) is 27.5 Å². The maximum atomic E-state index is 14.1. The van der Waals surface area contributed by atoms with Gasteiger partial charge >= 0.3 is 12.1 Å². The number of nitrogens with zero attached hydrogens (tertiary/aromatic N) is 6. The Morgan fingerprint density at radius 3 is 2.67 bits per heavy atom. The topological polar surface area (TPSA) is 121 Å². The Hall–Kier alpha value is -3.75. The number of pyridine rings is 2. The number of halogens is 4. The van der Waals surface area contributed by atoms with Gasteiger partial charge in [-0.2, -0.15) is 17.5 Å². The molecule has 0 saturated carbocycles. The number of sulfonamides is 1. The summed E-state index contributed by atoms with van der Waals surface area (Å²) in [5.41, 5.74) is 2.88. The van der Waals surface area contributed by atoms with Gasteiger partial charge in [-0.15, -0.1) is 10.2 Å². The van der Waals surface area contributed by atoms with E-state index < -0.39 is 33.9 Å². The van der Waals surface area contributed by atoms with Crippen molar-refractivity contribution >= 4 is 39.1 Å². The zero-order valence-electron chi connectivity index (χ0n) is 24.4. The van der Waals surface area contributed by atoms with Crippen LogP contribution in [-0.4, -0.2) is 62.5 Å². The summed E-state index contributed by atoms with van der Waals surface area (Å²) in [6.07, 6.45) is 0.265. The molecule has 6 rings (SSSR count). The van der Waals surface area contributed by atoms with Crippen molar-refractivity contribution in [1.29, 1.82) is 0 Å². The number of rotatable bonds is 6. The summed E-state index contributed by atoms with van der Waals surface area (Å²) >= 11 is 6.22. The van der Waals surface area contributed by atoms with Gasteiger partial charge in [0.2, 0.25) is 15.8 Å². The molecular formula is C30H30ClF3N6O4S. The lowest BCUT2D eigenvalue weighted by molar-refractivity contribution is -0.145. The van der Waals surface area contributed by atoms with Crippen LogP contribution in [0.25, 0.3) is 5.65 Å². The molecule has 1 saturated heterocycles. The molecule has 45 heavy (non-hydrogen) atoms. The number of anilines is 1. The summed E-state index contributed by atoms with van der Waals surface area (Å²) in [6.45, 7) is 4.38. The van der Waals surface area contributed by atoms with Gasteiger partial charge in [0.1, 0.15) is 10.7 Å². The van der Waals surface area contributed by atoms with E-state index in [1.165, 1.54) is 28.8 Å². The molecule has 2 aliphatic rings. The number of piperidine rings is 1. The van der Waals surface area contributed by atoms with Crippen LogP contribution in [0.3, 0.4) is 0 Å². The molecule has 0 bridgehead atoms. The summed E-state index contributed by atoms with van der Waals surface area (Å²) < 4.78 is 70.9. The maximum absolute atomic E-state index is 14.1. The molecule has 4 aromatic rings. The molecule has 15 heteroatoms. The molecule has 1 N–H and O–H groups in total. The summed E-state index contributed by atoms with van der Waals surface area (Å²) in [5.74, 6) is -2.64. The lowest BCUT2D eigenvalue weighted by Gasteiger charge is -2.36. The smallest absolute Gasteiger partial charge is 0.452 e. The van der Waals surface area contributed by atoms with Gasteiger partial charge in [-0.25, -0.2) is 13.4 Å². The van der Waals surface area contributed by atoms with E-state index >= 15 is 0 Å². The predicted octanol–water partition coefficient (Wildman–Crippen LogP) is 5.58. The quantitative estimate of drug-likeness (QED) is 0.284. The first-order chi connectivity index (χ1) is 21.3. The van der Waals surface area contributed by atoms with Crippen LogP contribution < -0.4 is 4.90 Å². The molecule has 0 spiro atoms. The Bertz CT molecular complexity index is 1920. The van der Waals surface area contributed by atoms with Gasteiger partial charge < -0.3 is 10.0 Å². The number of benzene rings is 1. The van der Waals surface area contributed by atoms with Crippen LogP contribution in [0.2, 0.25) is 5.02 Å². The Labute approximate surface area is 262 Å². The molecule has 2 atom stereocenters. The van der Waals surface area contributed by atoms with Crippen molar-refractivity contribution in [3.63, 3.8) is 0 Å². The fourth-order valence-corrected chi connectivity index (χ4v) is 8.28. The number of alkyl halides is 3. The number of aryl methyl sites for hydroxylation is 2. The minimum Gasteiger partial charge on any atom is -0.481 e. The van der Waals surface area contributed by atoms with Crippen molar-refractivity contribution in [1.82, 2.24) is 23.9 Å². The van der Waals surface area contributed by atoms with Crippen molar-refractivity contribution < 1.29 is 31.5 Å². The zero-order chi connectivity index (χ0) is 32.3. The summed E-state index contributed by atoms with van der Waals surface area (Å²) in [6, 6.07) is 8.16. The third-order valence-electron chi connectivity index (χ3n) is 8.73. The second-order valence-electron chi connectivity index (χ2n) is 11.6. The van der Waals surface area contributed by atoms with Gasteiger partial charge in [0, 0.05) is 44.0 Å². The van der Waals surface area contributed by atoms with Crippen LogP contribution in [0.4, 0.5) is 19.0 Å². The fourth-order valence-electron chi connectivity index (χ4n) is 6.43. The number of aliphatic carboxylic acids is 1. The molecule has 0 aliphatic carbocycles. The second kappa shape index (κ2) is 11.6. The van der Waals surface area contributed by atoms with Crippen molar-refractivity contribution in [3.05, 3.63) is 81.4 Å². The van der Waals surface area contributed by atoms with E-state index in [2.05, 4.69) is 15.2 Å². The first-order valence-corrected chi connectivity index (χ1v) is 16.2. The van der Waals surface area contributed by atoms with Crippen LogP contribution >= 0.6 is 11.6 Å². The van der Waals surface area contributed by atoms with E-state index in [1.807, 2.05) is 11.8 Å². The third-order valence-corrected chi connectivity index (χ3v) is 10.7. The molecule has 2 aliphatic heterocycles. The summed E-state index contributed by atoms with van der Waals surface area (Å²) in [7, 11) is -4.02. The molecule has 1 aromatic carbocycles. The molecule has 1 fully saturated rings. The summed E-state index contributed by atoms with van der Waals surface area (Å²) in [4.78, 5) is 18.6. The van der Waals surface area contributed by atoms with Gasteiger partial charge in [0.15, 0.2) is 5.65 Å². The first kappa shape index (κ1) is 31.2. The number of carboxylic acids is 1. The van der Waals surface area contributed by atoms with Gasteiger partial charge in [0.25, 0.3) is 0 Å². The number of hydrogen-bond acceptors (Lipinski definition) is 7. The largest absolute Gasteiger partial charge is 0.481 e. The molecule has 238 valence electrons. The number of carbonyl (C=O) groups is 1. The van der Waals surface area contributed by atoms with E-state index in [4.69, 9.17) is 11.6 Å². The monoisotopic (exact) mass is 662 g/mol. The van der Waals surface area contributed by atoms with Gasteiger partial charge in [-0.3, -0.25) is 9.20 Å². The molecule has 0 amide bonds. The predicted molar refractivity (Wildman–Crippen MR) is 160 cm³/mol. The Balaban J connectivity index is 1.41. The highest BCUT2D eigenvalue weighted by atomic mass is 35.5. The standard InChI is InChI=1S/C30H30ClF3N6O4S/c1-17-6-7-19(24(13-26(41)42)23-8-10-40-27(18(23)2)36-37-29(40)30(32,33)34)11-20(17)15-38-16-22-5-3-4-9-39(22)28-25(45(38,43)44)12-21(31)14-35-28/h6-8,10-12,14,22,24H,3-5,9,13,15-16H2,1-2H3,(H,41,42)/t22-,24+/m1/s1. The average Bonchev–Trinajstić information content (AvgIpc) is 3.40. The van der Waals surface area contributed by atoms with E-state index in [0.717, 1.165) is 29.2 Å². The van der Waals surface area contributed by atoms with Crippen molar-refractivity contribution in [2.45, 2.75) is 69.1 Å². The zero-order valence-corrected chi connectivity index (χ0v) is 26.0. The van der Waals surface area contributed by atoms with Crippen molar-refractivity contribution in [3.8, 4) is 0 Å². The Kier molecular flexibility index (Phi) is 8.02. The van der Waals surface area contributed by atoms with E-state index in [9.17, 15) is 31.5 Å². The number of hydrogen-bond donors (Lipinski definition) is 1. The van der Waals surface area contributed by atoms with Gasteiger partial charge in [-0.05, 0) is 73.1 Å². The normalized spacial score (nSPS) is 19.2. The highest BCUT2D eigenvalue weighted by Crippen LogP contribution is 2.38. The van der Waals surface area contributed by atoms with Gasteiger partial charge in [-0.1, -0.05) is 29.8 Å². The lowest BCUT2D eigenvalue weighted by atomic mass is 9.85. The average molecular weight is 663 g/mol. The Morgan fingerprint density at radius 2 is 1.93 bits per heavy atom. The highest BCUT2D eigenvalue weighted by Gasteiger charge is 2.40. The molecule has 0 radical (unpaired) electrons. The number of fused-ring (bicyclic) bond motifs is 4. The molecule has 10 nitrogen and oxygen atoms in total. The van der Waals surface area contributed by atoms with Crippen LogP contribution in [0.5, 0.6) is 0 Å². The highest BCUT2D eigenvalue weighted by molar-refractivity contribution is 7.89. The van der Waals surface area contributed by atoms with E-state index in [-0.39, 0.29) is 41.1 Å².